The van der Waals surface area contributed by atoms with Gasteiger partial charge in [0.15, 0.2) is 0 Å². The van der Waals surface area contributed by atoms with Crippen LogP contribution >= 0.6 is 0 Å². The fourth-order valence-electron chi connectivity index (χ4n) is 2.21. The maximum absolute atomic E-state index is 13.4. The van der Waals surface area contributed by atoms with E-state index in [-0.39, 0.29) is 17.4 Å². The van der Waals surface area contributed by atoms with Gasteiger partial charge in [0.25, 0.3) is 11.6 Å². The highest BCUT2D eigenvalue weighted by Crippen LogP contribution is 2.28. The first-order chi connectivity index (χ1) is 9.43. The van der Waals surface area contributed by atoms with Crippen LogP contribution in [-0.2, 0) is 4.74 Å². The Kier molecular flexibility index (Phi) is 3.84. The first-order valence-electron chi connectivity index (χ1n) is 5.99. The molecule has 1 saturated heterocycles. The van der Waals surface area contributed by atoms with E-state index >= 15 is 0 Å². The molecule has 20 heavy (non-hydrogen) atoms. The Morgan fingerprint density at radius 3 is 2.85 bits per heavy atom. The Bertz CT molecular complexity index is 564. The average molecular weight is 283 g/mol. The monoisotopic (exact) mass is 283 g/mol. The molecule has 1 unspecified atom stereocenters. The van der Waals surface area contributed by atoms with Crippen molar-refractivity contribution in [2.24, 2.45) is 0 Å². The highest BCUT2D eigenvalue weighted by Gasteiger charge is 2.30. The molecule has 1 aliphatic rings. The van der Waals surface area contributed by atoms with E-state index in [4.69, 9.17) is 10.5 Å². The van der Waals surface area contributed by atoms with Crippen molar-refractivity contribution >= 4 is 17.3 Å². The second kappa shape index (κ2) is 5.41. The number of hydrogen-bond donors (Lipinski definition) is 1. The summed E-state index contributed by atoms with van der Waals surface area (Å²) in [5, 5.41) is 10.8. The van der Waals surface area contributed by atoms with Crippen molar-refractivity contribution in [3.05, 3.63) is 33.6 Å². The normalized spacial score (nSPS) is 18.3. The SMILES string of the molecule is COC1CCN(C(=O)c2cc(F)cc([N+](=O)[O-])c2N)C1. The summed E-state index contributed by atoms with van der Waals surface area (Å²) in [5.41, 5.74) is 4.50. The smallest absolute Gasteiger partial charge is 0.295 e. The molecule has 1 heterocycles. The molecular formula is C12H14FN3O4. The largest absolute Gasteiger partial charge is 0.393 e. The molecule has 0 saturated carbocycles. The van der Waals surface area contributed by atoms with Crippen molar-refractivity contribution in [3.8, 4) is 0 Å². The average Bonchev–Trinajstić information content (AvgIpc) is 2.88. The molecule has 8 heteroatoms. The maximum atomic E-state index is 13.4. The van der Waals surface area contributed by atoms with Gasteiger partial charge in [-0.3, -0.25) is 14.9 Å². The van der Waals surface area contributed by atoms with E-state index in [1.54, 1.807) is 7.11 Å². The lowest BCUT2D eigenvalue weighted by atomic mass is 10.1. The van der Waals surface area contributed by atoms with E-state index in [1.807, 2.05) is 0 Å². The Hall–Kier alpha value is -2.22. The summed E-state index contributed by atoms with van der Waals surface area (Å²) in [5.74, 6) is -1.39. The lowest BCUT2D eigenvalue weighted by Gasteiger charge is -2.17. The molecule has 1 aromatic rings. The number of nitro groups is 1. The number of hydrogen-bond acceptors (Lipinski definition) is 5. The Labute approximate surface area is 114 Å². The van der Waals surface area contributed by atoms with Gasteiger partial charge in [-0.15, -0.1) is 0 Å². The fraction of sp³-hybridized carbons (Fsp3) is 0.417. The third kappa shape index (κ3) is 2.55. The molecule has 1 atom stereocenters. The number of likely N-dealkylation sites (tertiary alicyclic amines) is 1. The second-order valence-corrected chi connectivity index (χ2v) is 4.54. The number of nitrogen functional groups attached to an aromatic ring is 1. The minimum absolute atomic E-state index is 0.0799. The number of nitrogens with zero attached hydrogens (tertiary/aromatic N) is 2. The molecule has 0 spiro atoms. The van der Waals surface area contributed by atoms with Crippen molar-refractivity contribution in [2.45, 2.75) is 12.5 Å². The highest BCUT2D eigenvalue weighted by molar-refractivity contribution is 6.01. The molecule has 0 aromatic heterocycles. The standard InChI is InChI=1S/C12H14FN3O4/c1-20-8-2-3-15(6-8)12(17)9-4-7(13)5-10(11(9)14)16(18)19/h4-5,8H,2-3,6,14H2,1H3. The van der Waals surface area contributed by atoms with E-state index in [2.05, 4.69) is 0 Å². The number of halogens is 1. The van der Waals surface area contributed by atoms with E-state index in [0.717, 1.165) is 6.07 Å². The first-order valence-corrected chi connectivity index (χ1v) is 5.99. The Morgan fingerprint density at radius 2 is 2.30 bits per heavy atom. The maximum Gasteiger partial charge on any atom is 0.295 e. The number of nitro benzene ring substituents is 1. The van der Waals surface area contributed by atoms with Crippen LogP contribution in [0.15, 0.2) is 12.1 Å². The fourth-order valence-corrected chi connectivity index (χ4v) is 2.21. The van der Waals surface area contributed by atoms with Gasteiger partial charge < -0.3 is 15.4 Å². The molecule has 108 valence electrons. The number of methoxy groups -OCH3 is 1. The number of carbonyl (C=O) groups is 1. The van der Waals surface area contributed by atoms with Crippen LogP contribution in [0.5, 0.6) is 0 Å². The third-order valence-electron chi connectivity index (χ3n) is 3.32. The van der Waals surface area contributed by atoms with Crippen LogP contribution in [-0.4, -0.2) is 42.0 Å². The number of benzene rings is 1. The van der Waals surface area contributed by atoms with Crippen LogP contribution in [0.3, 0.4) is 0 Å². The summed E-state index contributed by atoms with van der Waals surface area (Å²) in [6.45, 7) is 0.806. The van der Waals surface area contributed by atoms with Gasteiger partial charge in [-0.25, -0.2) is 4.39 Å². The van der Waals surface area contributed by atoms with Crippen LogP contribution in [0.2, 0.25) is 0 Å². The number of ether oxygens (including phenoxy) is 1. The summed E-state index contributed by atoms with van der Waals surface area (Å²) in [4.78, 5) is 23.7. The van der Waals surface area contributed by atoms with Crippen LogP contribution in [0.4, 0.5) is 15.8 Å². The Balaban J connectivity index is 2.33. The van der Waals surface area contributed by atoms with Crippen molar-refractivity contribution < 1.29 is 18.8 Å². The molecule has 0 aliphatic carbocycles. The van der Waals surface area contributed by atoms with Crippen LogP contribution < -0.4 is 5.73 Å². The van der Waals surface area contributed by atoms with Gasteiger partial charge in [-0.05, 0) is 12.5 Å². The van der Waals surface area contributed by atoms with Crippen molar-refractivity contribution in [1.82, 2.24) is 4.90 Å². The zero-order valence-electron chi connectivity index (χ0n) is 10.8. The van der Waals surface area contributed by atoms with Gasteiger partial charge in [0.1, 0.15) is 11.5 Å². The summed E-state index contributed by atoms with van der Waals surface area (Å²) < 4.78 is 18.5. The second-order valence-electron chi connectivity index (χ2n) is 4.54. The minimum atomic E-state index is -0.864. The van der Waals surface area contributed by atoms with E-state index < -0.39 is 22.3 Å². The zero-order valence-corrected chi connectivity index (χ0v) is 10.8. The van der Waals surface area contributed by atoms with E-state index in [9.17, 15) is 19.3 Å². The molecule has 1 fully saturated rings. The molecule has 1 amide bonds. The summed E-state index contributed by atoms with van der Waals surface area (Å²) in [7, 11) is 1.54. The van der Waals surface area contributed by atoms with Crippen molar-refractivity contribution in [3.63, 3.8) is 0 Å². The number of carbonyl (C=O) groups excluding carboxylic acids is 1. The molecule has 1 aromatic carbocycles. The molecule has 2 N–H and O–H groups in total. The molecule has 7 nitrogen and oxygen atoms in total. The predicted octanol–water partition coefficient (Wildman–Crippen LogP) is 1.18. The van der Waals surface area contributed by atoms with Crippen molar-refractivity contribution in [2.75, 3.05) is 25.9 Å². The van der Waals surface area contributed by atoms with Gasteiger partial charge in [0.2, 0.25) is 0 Å². The number of rotatable bonds is 3. The Morgan fingerprint density at radius 1 is 1.60 bits per heavy atom. The lowest BCUT2D eigenvalue weighted by Crippen LogP contribution is -2.30. The molecular weight excluding hydrogens is 269 g/mol. The molecule has 0 bridgehead atoms. The number of anilines is 1. The lowest BCUT2D eigenvalue weighted by molar-refractivity contribution is -0.384. The highest BCUT2D eigenvalue weighted by atomic mass is 19.1. The number of amides is 1. The van der Waals surface area contributed by atoms with Crippen LogP contribution in [0, 0.1) is 15.9 Å². The van der Waals surface area contributed by atoms with Gasteiger partial charge in [0, 0.05) is 20.2 Å². The van der Waals surface area contributed by atoms with Crippen LogP contribution in [0.25, 0.3) is 0 Å². The molecule has 1 aliphatic heterocycles. The first kappa shape index (κ1) is 14.2. The molecule has 2 rings (SSSR count). The minimum Gasteiger partial charge on any atom is -0.393 e. The van der Waals surface area contributed by atoms with Gasteiger partial charge in [-0.1, -0.05) is 0 Å². The predicted molar refractivity (Wildman–Crippen MR) is 68.8 cm³/mol. The summed E-state index contributed by atoms with van der Waals surface area (Å²) in [6, 6.07) is 1.62. The quantitative estimate of drug-likeness (QED) is 0.510. The topological polar surface area (TPSA) is 98.7 Å². The zero-order chi connectivity index (χ0) is 14.9. The third-order valence-corrected chi connectivity index (χ3v) is 3.32. The summed E-state index contributed by atoms with van der Waals surface area (Å²) in [6.07, 6.45) is 0.586. The van der Waals surface area contributed by atoms with Gasteiger partial charge in [-0.2, -0.15) is 0 Å². The summed E-state index contributed by atoms with van der Waals surface area (Å²) >= 11 is 0. The molecule has 0 radical (unpaired) electrons. The van der Waals surface area contributed by atoms with Gasteiger partial charge >= 0.3 is 0 Å². The van der Waals surface area contributed by atoms with Crippen LogP contribution in [0.1, 0.15) is 16.8 Å². The van der Waals surface area contributed by atoms with E-state index in [0.29, 0.717) is 25.6 Å². The van der Waals surface area contributed by atoms with E-state index in [1.165, 1.54) is 4.90 Å². The van der Waals surface area contributed by atoms with Crippen molar-refractivity contribution in [1.29, 1.82) is 0 Å². The number of nitrogens with two attached hydrogens (primary N) is 1. The van der Waals surface area contributed by atoms with Gasteiger partial charge in [0.05, 0.1) is 22.7 Å².